The van der Waals surface area contributed by atoms with Gasteiger partial charge in [-0.25, -0.2) is 0 Å². The summed E-state index contributed by atoms with van der Waals surface area (Å²) >= 11 is 5.85. The summed E-state index contributed by atoms with van der Waals surface area (Å²) < 4.78 is 5.48. The van der Waals surface area contributed by atoms with Gasteiger partial charge in [0.1, 0.15) is 0 Å². The molecule has 1 aromatic rings. The smallest absolute Gasteiger partial charge is 0.179 e. The maximum atomic E-state index is 12.5. The van der Waals surface area contributed by atoms with Crippen LogP contribution in [0.4, 0.5) is 0 Å². The van der Waals surface area contributed by atoms with Crippen molar-refractivity contribution in [2.24, 2.45) is 0 Å². The van der Waals surface area contributed by atoms with Crippen LogP contribution in [-0.4, -0.2) is 42.5 Å². The monoisotopic (exact) mass is 281 g/mol. The Morgan fingerprint density at radius 1 is 1.47 bits per heavy atom. The molecule has 3 nitrogen and oxygen atoms in total. The number of carbonyl (C=O) groups is 1. The third kappa shape index (κ3) is 3.35. The zero-order chi connectivity index (χ0) is 13.8. The second-order valence-corrected chi connectivity index (χ2v) is 5.36. The molecule has 0 saturated carbocycles. The van der Waals surface area contributed by atoms with Gasteiger partial charge >= 0.3 is 0 Å². The van der Waals surface area contributed by atoms with Crippen molar-refractivity contribution < 1.29 is 9.53 Å². The fraction of sp³-hybridized carbons (Fsp3) is 0.533. The lowest BCUT2D eigenvalue weighted by molar-refractivity contribution is -0.0220. The van der Waals surface area contributed by atoms with E-state index in [0.29, 0.717) is 17.7 Å². The van der Waals surface area contributed by atoms with Crippen LogP contribution in [-0.2, 0) is 4.74 Å². The molecule has 2 unspecified atom stereocenters. The molecule has 1 aromatic carbocycles. The van der Waals surface area contributed by atoms with Crippen molar-refractivity contribution in [1.82, 2.24) is 4.90 Å². The highest BCUT2D eigenvalue weighted by Crippen LogP contribution is 2.18. The molecule has 1 aliphatic heterocycles. The number of Topliss-reactive ketones (excluding diaryl/α,β-unsaturated/α-hetero) is 1. The average Bonchev–Trinajstić information content (AvgIpc) is 2.46. The van der Waals surface area contributed by atoms with Crippen LogP contribution < -0.4 is 0 Å². The predicted molar refractivity (Wildman–Crippen MR) is 76.8 cm³/mol. The lowest BCUT2D eigenvalue weighted by Crippen LogP contribution is -2.52. The Labute approximate surface area is 119 Å². The van der Waals surface area contributed by atoms with Gasteiger partial charge in [0.25, 0.3) is 0 Å². The molecule has 0 radical (unpaired) electrons. The Kier molecular flexibility index (Phi) is 4.97. The van der Waals surface area contributed by atoms with Gasteiger partial charge in [0.15, 0.2) is 5.78 Å². The van der Waals surface area contributed by atoms with Crippen LogP contribution in [0.2, 0.25) is 5.02 Å². The third-order valence-electron chi connectivity index (χ3n) is 3.75. The molecule has 0 amide bonds. The first-order valence-electron chi connectivity index (χ1n) is 6.76. The molecule has 1 saturated heterocycles. The molecule has 1 heterocycles. The van der Waals surface area contributed by atoms with E-state index in [0.717, 1.165) is 25.1 Å². The van der Waals surface area contributed by atoms with E-state index >= 15 is 0 Å². The fourth-order valence-corrected chi connectivity index (χ4v) is 2.66. The molecule has 0 bridgehead atoms. The minimum absolute atomic E-state index is 0.116. The number of ketones is 1. The standard InChI is InChI=1S/C15H20ClNO2/c1-3-14-10-19-9-8-17(14)11(2)15(18)12-4-6-13(16)7-5-12/h4-7,11,14H,3,8-10H2,1-2H3. The Bertz CT molecular complexity index is 432. The van der Waals surface area contributed by atoms with Gasteiger partial charge < -0.3 is 4.74 Å². The molecular weight excluding hydrogens is 262 g/mol. The van der Waals surface area contributed by atoms with Gasteiger partial charge in [-0.05, 0) is 37.6 Å². The predicted octanol–water partition coefficient (Wildman–Crippen LogP) is 3.02. The van der Waals surface area contributed by atoms with Crippen LogP contribution in [0.15, 0.2) is 24.3 Å². The number of rotatable bonds is 4. The molecule has 1 fully saturated rings. The molecular formula is C15H20ClNO2. The van der Waals surface area contributed by atoms with Crippen LogP contribution in [0.1, 0.15) is 30.6 Å². The van der Waals surface area contributed by atoms with Crippen molar-refractivity contribution in [3.05, 3.63) is 34.9 Å². The van der Waals surface area contributed by atoms with E-state index < -0.39 is 0 Å². The lowest BCUT2D eigenvalue weighted by Gasteiger charge is -2.38. The number of hydrogen-bond donors (Lipinski definition) is 0. The second kappa shape index (κ2) is 6.51. The van der Waals surface area contributed by atoms with Gasteiger partial charge in [0, 0.05) is 23.2 Å². The number of benzene rings is 1. The maximum absolute atomic E-state index is 12.5. The first kappa shape index (κ1) is 14.5. The van der Waals surface area contributed by atoms with Gasteiger partial charge in [0.05, 0.1) is 19.3 Å². The Hall–Kier alpha value is -0.900. The van der Waals surface area contributed by atoms with Crippen molar-refractivity contribution in [2.75, 3.05) is 19.8 Å². The van der Waals surface area contributed by atoms with Crippen molar-refractivity contribution in [2.45, 2.75) is 32.4 Å². The van der Waals surface area contributed by atoms with E-state index in [-0.39, 0.29) is 11.8 Å². The summed E-state index contributed by atoms with van der Waals surface area (Å²) in [6, 6.07) is 7.33. The molecule has 0 aromatic heterocycles. The number of carbonyl (C=O) groups excluding carboxylic acids is 1. The van der Waals surface area contributed by atoms with Crippen LogP contribution in [0.25, 0.3) is 0 Å². The highest BCUT2D eigenvalue weighted by molar-refractivity contribution is 6.30. The summed E-state index contributed by atoms with van der Waals surface area (Å²) in [6.07, 6.45) is 0.998. The highest BCUT2D eigenvalue weighted by atomic mass is 35.5. The van der Waals surface area contributed by atoms with Gasteiger partial charge in [-0.2, -0.15) is 0 Å². The Morgan fingerprint density at radius 3 is 2.79 bits per heavy atom. The SMILES string of the molecule is CCC1COCCN1C(C)C(=O)c1ccc(Cl)cc1. The molecule has 1 aliphatic rings. The molecule has 104 valence electrons. The van der Waals surface area contributed by atoms with Crippen LogP contribution in [0.5, 0.6) is 0 Å². The van der Waals surface area contributed by atoms with Gasteiger partial charge in [-0.3, -0.25) is 9.69 Å². The summed E-state index contributed by atoms with van der Waals surface area (Å²) in [5.41, 5.74) is 0.721. The van der Waals surface area contributed by atoms with Crippen LogP contribution in [0, 0.1) is 0 Å². The largest absolute Gasteiger partial charge is 0.378 e. The molecule has 2 rings (SSSR count). The molecule has 19 heavy (non-hydrogen) atoms. The van der Waals surface area contributed by atoms with Crippen molar-refractivity contribution >= 4 is 17.4 Å². The zero-order valence-corrected chi connectivity index (χ0v) is 12.2. The van der Waals surface area contributed by atoms with Crippen molar-refractivity contribution in [3.8, 4) is 0 Å². The summed E-state index contributed by atoms with van der Waals surface area (Å²) in [5.74, 6) is 0.150. The van der Waals surface area contributed by atoms with E-state index in [1.165, 1.54) is 0 Å². The summed E-state index contributed by atoms with van der Waals surface area (Å²) in [5, 5.41) is 0.655. The van der Waals surface area contributed by atoms with E-state index in [9.17, 15) is 4.79 Å². The number of hydrogen-bond acceptors (Lipinski definition) is 3. The minimum atomic E-state index is -0.116. The molecule has 2 atom stereocenters. The number of morpholine rings is 1. The van der Waals surface area contributed by atoms with Crippen LogP contribution in [0.3, 0.4) is 0 Å². The van der Waals surface area contributed by atoms with E-state index in [4.69, 9.17) is 16.3 Å². The first-order chi connectivity index (χ1) is 9.13. The first-order valence-corrected chi connectivity index (χ1v) is 7.14. The maximum Gasteiger partial charge on any atom is 0.179 e. The molecule has 0 aliphatic carbocycles. The summed E-state index contributed by atoms with van der Waals surface area (Å²) in [6.45, 7) is 6.35. The molecule has 0 spiro atoms. The zero-order valence-electron chi connectivity index (χ0n) is 11.4. The Morgan fingerprint density at radius 2 is 2.16 bits per heavy atom. The van der Waals surface area contributed by atoms with Crippen LogP contribution >= 0.6 is 11.6 Å². The normalized spacial score (nSPS) is 22.2. The molecule has 4 heteroatoms. The van der Waals surface area contributed by atoms with Gasteiger partial charge in [-0.15, -0.1) is 0 Å². The Balaban J connectivity index is 2.11. The number of ether oxygens (including phenoxy) is 1. The summed E-state index contributed by atoms with van der Waals surface area (Å²) in [4.78, 5) is 14.7. The molecule has 0 N–H and O–H groups in total. The van der Waals surface area contributed by atoms with Gasteiger partial charge in [-0.1, -0.05) is 18.5 Å². The van der Waals surface area contributed by atoms with E-state index in [1.807, 2.05) is 6.92 Å². The summed E-state index contributed by atoms with van der Waals surface area (Å²) in [7, 11) is 0. The third-order valence-corrected chi connectivity index (χ3v) is 4.00. The van der Waals surface area contributed by atoms with E-state index in [1.54, 1.807) is 24.3 Å². The van der Waals surface area contributed by atoms with Crippen molar-refractivity contribution in [3.63, 3.8) is 0 Å². The minimum Gasteiger partial charge on any atom is -0.378 e. The van der Waals surface area contributed by atoms with Gasteiger partial charge in [0.2, 0.25) is 0 Å². The quantitative estimate of drug-likeness (QED) is 0.795. The topological polar surface area (TPSA) is 29.5 Å². The fourth-order valence-electron chi connectivity index (χ4n) is 2.54. The number of nitrogens with zero attached hydrogens (tertiary/aromatic N) is 1. The highest BCUT2D eigenvalue weighted by Gasteiger charge is 2.30. The average molecular weight is 282 g/mol. The second-order valence-electron chi connectivity index (χ2n) is 4.92. The number of halogens is 1. The van der Waals surface area contributed by atoms with Crippen molar-refractivity contribution in [1.29, 1.82) is 0 Å². The van der Waals surface area contributed by atoms with E-state index in [2.05, 4.69) is 11.8 Å². The lowest BCUT2D eigenvalue weighted by atomic mass is 10.0.